The Morgan fingerprint density at radius 2 is 1.82 bits per heavy atom. The highest BCUT2D eigenvalue weighted by atomic mass is 32.2. The molecule has 0 aromatic carbocycles. The third-order valence-electron chi connectivity index (χ3n) is 2.87. The van der Waals surface area contributed by atoms with Crippen LogP contribution in [0.3, 0.4) is 0 Å². The Morgan fingerprint density at radius 3 is 2.24 bits per heavy atom. The minimum Gasteiger partial charge on any atom is -0.340 e. The van der Waals surface area contributed by atoms with Crippen molar-refractivity contribution in [1.82, 2.24) is 9.21 Å². The molecule has 1 aliphatic rings. The van der Waals surface area contributed by atoms with Gasteiger partial charge in [0.05, 0.1) is 6.26 Å². The Bertz CT molecular complexity index is 359. The number of piperazine rings is 1. The third kappa shape index (κ3) is 4.61. The third-order valence-corrected chi connectivity index (χ3v) is 4.18. The summed E-state index contributed by atoms with van der Waals surface area (Å²) >= 11 is 0. The van der Waals surface area contributed by atoms with E-state index in [1.54, 1.807) is 4.90 Å². The van der Waals surface area contributed by atoms with E-state index >= 15 is 0 Å². The molecule has 1 atom stereocenters. The van der Waals surface area contributed by atoms with Gasteiger partial charge in [-0.2, -0.15) is 4.31 Å². The predicted molar refractivity (Wildman–Crippen MR) is 65.9 cm³/mol. The number of hydrogen-bond donors (Lipinski definition) is 1. The van der Waals surface area contributed by atoms with Crippen molar-refractivity contribution in [3.05, 3.63) is 0 Å². The smallest absolute Gasteiger partial charge is 0.222 e. The van der Waals surface area contributed by atoms with Crippen molar-refractivity contribution in [3.63, 3.8) is 0 Å². The normalized spacial score (nSPS) is 20.3. The van der Waals surface area contributed by atoms with Gasteiger partial charge in [0.1, 0.15) is 0 Å². The Balaban J connectivity index is 2.39. The van der Waals surface area contributed by atoms with Crippen LogP contribution in [0.15, 0.2) is 0 Å². The summed E-state index contributed by atoms with van der Waals surface area (Å²) in [5, 5.41) is 0. The van der Waals surface area contributed by atoms with Crippen LogP contribution in [0.5, 0.6) is 0 Å². The fourth-order valence-corrected chi connectivity index (χ4v) is 2.60. The molecule has 1 aliphatic heterocycles. The van der Waals surface area contributed by atoms with Crippen molar-refractivity contribution in [3.8, 4) is 0 Å². The second kappa shape index (κ2) is 5.79. The summed E-state index contributed by atoms with van der Waals surface area (Å²) in [6.07, 6.45) is 2.31. The van der Waals surface area contributed by atoms with Crippen LogP contribution in [0, 0.1) is 0 Å². The molecule has 0 aromatic heterocycles. The maximum atomic E-state index is 11.8. The van der Waals surface area contributed by atoms with E-state index in [1.807, 2.05) is 6.92 Å². The topological polar surface area (TPSA) is 83.7 Å². The van der Waals surface area contributed by atoms with Crippen molar-refractivity contribution >= 4 is 15.9 Å². The molecule has 2 N–H and O–H groups in total. The Hall–Kier alpha value is -0.660. The first-order chi connectivity index (χ1) is 7.80. The number of sulfonamides is 1. The van der Waals surface area contributed by atoms with E-state index in [1.165, 1.54) is 10.6 Å². The number of hydrogen-bond acceptors (Lipinski definition) is 4. The van der Waals surface area contributed by atoms with E-state index < -0.39 is 10.0 Å². The number of carbonyl (C=O) groups excluding carboxylic acids is 1. The molecule has 7 heteroatoms. The summed E-state index contributed by atoms with van der Waals surface area (Å²) in [4.78, 5) is 13.5. The average molecular weight is 263 g/mol. The Labute approximate surface area is 103 Å². The van der Waals surface area contributed by atoms with Crippen molar-refractivity contribution < 1.29 is 13.2 Å². The highest BCUT2D eigenvalue weighted by Crippen LogP contribution is 2.08. The molecule has 6 nitrogen and oxygen atoms in total. The molecule has 1 fully saturated rings. The molecule has 0 saturated carbocycles. The van der Waals surface area contributed by atoms with Crippen LogP contribution in [0.4, 0.5) is 0 Å². The van der Waals surface area contributed by atoms with Gasteiger partial charge in [0.2, 0.25) is 15.9 Å². The van der Waals surface area contributed by atoms with Gasteiger partial charge in [-0.1, -0.05) is 0 Å². The molecule has 17 heavy (non-hydrogen) atoms. The number of amides is 1. The van der Waals surface area contributed by atoms with Crippen LogP contribution in [0.2, 0.25) is 0 Å². The van der Waals surface area contributed by atoms with Crippen molar-refractivity contribution in [2.24, 2.45) is 5.73 Å². The van der Waals surface area contributed by atoms with Gasteiger partial charge < -0.3 is 10.6 Å². The second-order valence-electron chi connectivity index (χ2n) is 4.56. The molecule has 1 unspecified atom stereocenters. The highest BCUT2D eigenvalue weighted by Gasteiger charge is 2.25. The van der Waals surface area contributed by atoms with Crippen molar-refractivity contribution in [2.75, 3.05) is 32.4 Å². The van der Waals surface area contributed by atoms with Gasteiger partial charge in [-0.3, -0.25) is 4.79 Å². The number of nitrogens with zero attached hydrogens (tertiary/aromatic N) is 2. The average Bonchev–Trinajstić information content (AvgIpc) is 2.25. The molecule has 1 heterocycles. The lowest BCUT2D eigenvalue weighted by Crippen LogP contribution is -2.50. The molecule has 1 amide bonds. The lowest BCUT2D eigenvalue weighted by atomic mass is 10.2. The number of carbonyl (C=O) groups is 1. The zero-order valence-corrected chi connectivity index (χ0v) is 11.2. The molecule has 0 aromatic rings. The first kappa shape index (κ1) is 14.4. The van der Waals surface area contributed by atoms with E-state index in [2.05, 4.69) is 0 Å². The zero-order chi connectivity index (χ0) is 13.1. The van der Waals surface area contributed by atoms with Crippen LogP contribution in [0.1, 0.15) is 19.8 Å². The van der Waals surface area contributed by atoms with E-state index in [0.717, 1.165) is 0 Å². The number of rotatable bonds is 4. The Morgan fingerprint density at radius 1 is 1.29 bits per heavy atom. The largest absolute Gasteiger partial charge is 0.340 e. The summed E-state index contributed by atoms with van der Waals surface area (Å²) in [5.41, 5.74) is 5.59. The fourth-order valence-electron chi connectivity index (χ4n) is 1.78. The SMILES string of the molecule is CC(N)CCC(=O)N1CCN(S(C)(=O)=O)CC1. The van der Waals surface area contributed by atoms with Crippen LogP contribution in [-0.4, -0.2) is 62.0 Å². The predicted octanol–water partition coefficient (Wildman–Crippen LogP) is -0.782. The molecule has 0 radical (unpaired) electrons. The minimum absolute atomic E-state index is 0.0243. The zero-order valence-electron chi connectivity index (χ0n) is 10.4. The highest BCUT2D eigenvalue weighted by molar-refractivity contribution is 7.88. The maximum absolute atomic E-state index is 11.8. The van der Waals surface area contributed by atoms with E-state index in [0.29, 0.717) is 39.0 Å². The van der Waals surface area contributed by atoms with Crippen LogP contribution < -0.4 is 5.73 Å². The lowest BCUT2D eigenvalue weighted by Gasteiger charge is -2.33. The van der Waals surface area contributed by atoms with Crippen LogP contribution in [-0.2, 0) is 14.8 Å². The molecule has 0 bridgehead atoms. The van der Waals surface area contributed by atoms with Crippen LogP contribution >= 0.6 is 0 Å². The minimum atomic E-state index is -3.13. The van der Waals surface area contributed by atoms with Gasteiger partial charge in [0.15, 0.2) is 0 Å². The summed E-state index contributed by atoms with van der Waals surface area (Å²) in [7, 11) is -3.13. The molecule has 0 spiro atoms. The van der Waals surface area contributed by atoms with Gasteiger partial charge in [-0.25, -0.2) is 8.42 Å². The van der Waals surface area contributed by atoms with Gasteiger partial charge in [0, 0.05) is 38.6 Å². The fraction of sp³-hybridized carbons (Fsp3) is 0.900. The Kier molecular flexibility index (Phi) is 4.91. The molecule has 1 rings (SSSR count). The van der Waals surface area contributed by atoms with Crippen molar-refractivity contribution in [1.29, 1.82) is 0 Å². The first-order valence-electron chi connectivity index (χ1n) is 5.79. The molecular weight excluding hydrogens is 242 g/mol. The van der Waals surface area contributed by atoms with E-state index in [9.17, 15) is 13.2 Å². The van der Waals surface area contributed by atoms with E-state index in [-0.39, 0.29) is 11.9 Å². The monoisotopic (exact) mass is 263 g/mol. The molecule has 100 valence electrons. The first-order valence-corrected chi connectivity index (χ1v) is 7.64. The summed E-state index contributed by atoms with van der Waals surface area (Å²) in [5.74, 6) is 0.0652. The summed E-state index contributed by atoms with van der Waals surface area (Å²) in [6, 6.07) is 0.0243. The molecule has 1 saturated heterocycles. The van der Waals surface area contributed by atoms with Gasteiger partial charge >= 0.3 is 0 Å². The molecule has 0 aliphatic carbocycles. The summed E-state index contributed by atoms with van der Waals surface area (Å²) < 4.78 is 24.0. The van der Waals surface area contributed by atoms with Gasteiger partial charge in [-0.05, 0) is 13.3 Å². The van der Waals surface area contributed by atoms with Crippen molar-refractivity contribution in [2.45, 2.75) is 25.8 Å². The quantitative estimate of drug-likeness (QED) is 0.721. The lowest BCUT2D eigenvalue weighted by molar-refractivity contribution is -0.132. The van der Waals surface area contributed by atoms with Crippen LogP contribution in [0.25, 0.3) is 0 Å². The van der Waals surface area contributed by atoms with Gasteiger partial charge in [0.25, 0.3) is 0 Å². The van der Waals surface area contributed by atoms with E-state index in [4.69, 9.17) is 5.73 Å². The standard InChI is InChI=1S/C10H21N3O3S/c1-9(11)3-4-10(14)12-5-7-13(8-6-12)17(2,15)16/h9H,3-8,11H2,1-2H3. The maximum Gasteiger partial charge on any atom is 0.222 e. The van der Waals surface area contributed by atoms with Gasteiger partial charge in [-0.15, -0.1) is 0 Å². The molecular formula is C10H21N3O3S. The summed E-state index contributed by atoms with van der Waals surface area (Å²) in [6.45, 7) is 3.61. The second-order valence-corrected chi connectivity index (χ2v) is 6.54. The number of nitrogens with two attached hydrogens (primary N) is 1.